The summed E-state index contributed by atoms with van der Waals surface area (Å²) < 4.78 is 19.3. The van der Waals surface area contributed by atoms with Gasteiger partial charge in [-0.1, -0.05) is 91.4 Å². The smallest absolute Gasteiger partial charge is 0.269 e. The van der Waals surface area contributed by atoms with Gasteiger partial charge in [0.2, 0.25) is 11.8 Å². The normalized spacial score (nSPS) is 19.5. The van der Waals surface area contributed by atoms with Crippen molar-refractivity contribution in [1.82, 2.24) is 10.5 Å². The van der Waals surface area contributed by atoms with E-state index in [0.717, 1.165) is 41.8 Å². The molecule has 4 unspecified atom stereocenters. The molecule has 3 N–H and O–H groups in total. The number of nitrogens with one attached hydrogen (secondary N) is 2. The molecular weight excluding hydrogens is 697 g/mol. The van der Waals surface area contributed by atoms with E-state index in [0.29, 0.717) is 47.9 Å². The van der Waals surface area contributed by atoms with Crippen LogP contribution in [0, 0.1) is 10.1 Å². The lowest BCUT2D eigenvalue weighted by Gasteiger charge is -2.36. The van der Waals surface area contributed by atoms with Crippen molar-refractivity contribution >= 4 is 35.0 Å². The fraction of sp³-hybridized carbons (Fsp3) is 0.325. The number of aromatic nitrogens is 1. The number of rotatable bonds is 16. The summed E-state index contributed by atoms with van der Waals surface area (Å²) in [4.78, 5) is 39.5. The predicted octanol–water partition coefficient (Wildman–Crippen LogP) is 8.97. The molecule has 4 atom stereocenters. The molecule has 1 aromatic heterocycles. The van der Waals surface area contributed by atoms with E-state index in [2.05, 4.69) is 17.5 Å². The quantitative estimate of drug-likeness (QED) is 0.0332. The average molecular weight is 739 g/mol. The van der Waals surface area contributed by atoms with Crippen LogP contribution in [0.3, 0.4) is 0 Å². The zero-order valence-electron chi connectivity index (χ0n) is 29.1. The van der Waals surface area contributed by atoms with E-state index in [9.17, 15) is 19.7 Å². The summed E-state index contributed by atoms with van der Waals surface area (Å²) in [6.45, 7) is 0. The summed E-state index contributed by atoms with van der Waals surface area (Å²) in [5.41, 5.74) is 5.70. The highest BCUT2D eigenvalue weighted by Gasteiger charge is 2.33. The number of amides is 2. The number of carbonyl (C=O) groups is 2. The SMILES string of the molecule is O=C(CCCCCCC(=O)Nc1ccc(C2CC(CSc3nc(C4C=CC=CC4)c(-c4ccccc4)o3)OC(c3ccc([N+](=O)[O-])cc3)O2)cc1)NO. The molecule has 53 heavy (non-hydrogen) atoms. The van der Waals surface area contributed by atoms with Crippen molar-refractivity contribution < 1.29 is 33.6 Å². The maximum Gasteiger partial charge on any atom is 0.269 e. The van der Waals surface area contributed by atoms with E-state index in [4.69, 9.17) is 24.1 Å². The van der Waals surface area contributed by atoms with Crippen LogP contribution in [0.1, 0.15) is 86.5 Å². The molecule has 2 amide bonds. The number of hydroxylamine groups is 1. The van der Waals surface area contributed by atoms with E-state index in [1.54, 1.807) is 17.6 Å². The molecule has 13 heteroatoms. The second-order valence-corrected chi connectivity index (χ2v) is 13.9. The Labute approximate surface area is 311 Å². The number of unbranched alkanes of at least 4 members (excludes halogenated alkanes) is 3. The molecule has 1 aliphatic heterocycles. The third-order valence-electron chi connectivity index (χ3n) is 9.10. The van der Waals surface area contributed by atoms with E-state index in [1.165, 1.54) is 23.9 Å². The van der Waals surface area contributed by atoms with Crippen molar-refractivity contribution in [2.24, 2.45) is 0 Å². The van der Waals surface area contributed by atoms with Crippen LogP contribution in [-0.4, -0.2) is 38.8 Å². The van der Waals surface area contributed by atoms with Gasteiger partial charge in [-0.15, -0.1) is 0 Å². The minimum absolute atomic E-state index is 0.0184. The van der Waals surface area contributed by atoms with Crippen molar-refractivity contribution in [1.29, 1.82) is 0 Å². The lowest BCUT2D eigenvalue weighted by molar-refractivity contribution is -0.384. The first-order valence-electron chi connectivity index (χ1n) is 17.8. The van der Waals surface area contributed by atoms with Crippen LogP contribution in [0.4, 0.5) is 11.4 Å². The predicted molar refractivity (Wildman–Crippen MR) is 200 cm³/mol. The Hall–Kier alpha value is -5.08. The van der Waals surface area contributed by atoms with Crippen LogP contribution in [0.2, 0.25) is 0 Å². The molecule has 0 spiro atoms. The molecule has 0 bridgehead atoms. The van der Waals surface area contributed by atoms with Gasteiger partial charge in [-0.2, -0.15) is 0 Å². The number of non-ortho nitro benzene ring substituents is 1. The molecule has 1 fully saturated rings. The molecule has 2 heterocycles. The highest BCUT2D eigenvalue weighted by atomic mass is 32.2. The van der Waals surface area contributed by atoms with Crippen molar-refractivity contribution in [2.45, 2.75) is 81.0 Å². The number of anilines is 1. The zero-order chi connectivity index (χ0) is 37.0. The molecular formula is C40H42N4O8S. The van der Waals surface area contributed by atoms with Crippen LogP contribution in [0.5, 0.6) is 0 Å². The van der Waals surface area contributed by atoms with Gasteiger partial charge in [0.05, 0.1) is 22.8 Å². The maximum absolute atomic E-state index is 12.6. The van der Waals surface area contributed by atoms with Crippen molar-refractivity contribution in [2.75, 3.05) is 11.1 Å². The molecule has 0 radical (unpaired) electrons. The number of oxazole rings is 1. The number of carbonyl (C=O) groups excluding carboxylic acids is 2. The zero-order valence-corrected chi connectivity index (χ0v) is 29.9. The van der Waals surface area contributed by atoms with Crippen LogP contribution in [0.15, 0.2) is 113 Å². The monoisotopic (exact) mass is 738 g/mol. The second-order valence-electron chi connectivity index (χ2n) is 12.9. The third-order valence-corrected chi connectivity index (χ3v) is 10.1. The van der Waals surface area contributed by atoms with Crippen LogP contribution in [0.25, 0.3) is 11.3 Å². The first kappa shape index (κ1) is 37.7. The van der Waals surface area contributed by atoms with Crippen LogP contribution < -0.4 is 10.8 Å². The molecule has 0 saturated carbocycles. The van der Waals surface area contributed by atoms with Crippen molar-refractivity contribution in [3.63, 3.8) is 0 Å². The summed E-state index contributed by atoms with van der Waals surface area (Å²) in [6, 6.07) is 23.7. The molecule has 276 valence electrons. The molecule has 12 nitrogen and oxygen atoms in total. The number of ether oxygens (including phenoxy) is 2. The lowest BCUT2D eigenvalue weighted by Crippen LogP contribution is -2.31. The number of allylic oxidation sites excluding steroid dienone is 4. The number of thioether (sulfide) groups is 1. The Morgan fingerprint density at radius 3 is 2.28 bits per heavy atom. The Bertz CT molecular complexity index is 1900. The largest absolute Gasteiger partial charge is 0.431 e. The van der Waals surface area contributed by atoms with Crippen LogP contribution >= 0.6 is 11.8 Å². The van der Waals surface area contributed by atoms with Gasteiger partial charge in [0.15, 0.2) is 12.1 Å². The molecule has 2 aliphatic rings. The Morgan fingerprint density at radius 1 is 0.887 bits per heavy atom. The standard InChI is InChI=1S/C40H42N4O8S/c45-35(15-9-1-2-10-16-36(46)43-47)41-31-21-17-27(18-22-31)34-25-33(50-39(51-34)30-19-23-32(24-20-30)44(48)49)26-53-40-42-37(28-11-5-3-6-12-28)38(52-40)29-13-7-4-8-14-29/h3-8,11,13-14,17-24,28,33-34,39,47H,1-2,9-10,12,15-16,25-26H2,(H,41,45)(H,43,46). The van der Waals surface area contributed by atoms with E-state index in [-0.39, 0.29) is 36.1 Å². The number of hydrogen-bond acceptors (Lipinski definition) is 10. The number of benzene rings is 3. The molecule has 1 aliphatic carbocycles. The minimum atomic E-state index is -0.767. The Kier molecular flexibility index (Phi) is 13.2. The third kappa shape index (κ3) is 10.5. The molecule has 3 aromatic carbocycles. The number of hydrogen-bond donors (Lipinski definition) is 3. The van der Waals surface area contributed by atoms with Gasteiger partial charge < -0.3 is 19.2 Å². The lowest BCUT2D eigenvalue weighted by atomic mass is 9.94. The average Bonchev–Trinajstić information content (AvgIpc) is 3.63. The summed E-state index contributed by atoms with van der Waals surface area (Å²) in [5.74, 6) is 0.891. The van der Waals surface area contributed by atoms with Gasteiger partial charge in [-0.05, 0) is 49.1 Å². The maximum atomic E-state index is 12.6. The highest BCUT2D eigenvalue weighted by Crippen LogP contribution is 2.41. The first-order valence-corrected chi connectivity index (χ1v) is 18.7. The van der Waals surface area contributed by atoms with Gasteiger partial charge in [0.1, 0.15) is 0 Å². The molecule has 6 rings (SSSR count). The van der Waals surface area contributed by atoms with Gasteiger partial charge >= 0.3 is 0 Å². The van der Waals surface area contributed by atoms with Crippen molar-refractivity contribution in [3.05, 3.63) is 130 Å². The van der Waals surface area contributed by atoms with Crippen molar-refractivity contribution in [3.8, 4) is 11.3 Å². The summed E-state index contributed by atoms with van der Waals surface area (Å²) in [7, 11) is 0. The number of nitro groups is 1. The Morgan fingerprint density at radius 2 is 1.60 bits per heavy atom. The number of nitrogens with zero attached hydrogens (tertiary/aromatic N) is 2. The van der Waals surface area contributed by atoms with Gasteiger partial charge in [-0.25, -0.2) is 10.5 Å². The summed E-state index contributed by atoms with van der Waals surface area (Å²) in [6.07, 6.45) is 11.9. The topological polar surface area (TPSA) is 166 Å². The molecule has 1 saturated heterocycles. The second kappa shape index (κ2) is 18.6. The van der Waals surface area contributed by atoms with Gasteiger partial charge in [0.25, 0.3) is 10.9 Å². The summed E-state index contributed by atoms with van der Waals surface area (Å²) in [5, 5.41) is 23.4. The minimum Gasteiger partial charge on any atom is -0.431 e. The van der Waals surface area contributed by atoms with E-state index in [1.807, 2.05) is 66.7 Å². The Balaban J connectivity index is 1.12. The number of nitro benzene ring substituents is 1. The van der Waals surface area contributed by atoms with Gasteiger partial charge in [0, 0.05) is 59.9 Å². The first-order chi connectivity index (χ1) is 25.9. The van der Waals surface area contributed by atoms with Gasteiger partial charge in [-0.3, -0.25) is 24.9 Å². The van der Waals surface area contributed by atoms with E-state index < -0.39 is 17.1 Å². The molecule has 4 aromatic rings. The van der Waals surface area contributed by atoms with Crippen LogP contribution in [-0.2, 0) is 19.1 Å². The fourth-order valence-corrected chi connectivity index (χ4v) is 7.14. The summed E-state index contributed by atoms with van der Waals surface area (Å²) >= 11 is 1.48. The highest BCUT2D eigenvalue weighted by molar-refractivity contribution is 7.99. The van der Waals surface area contributed by atoms with E-state index >= 15 is 0 Å². The fourth-order valence-electron chi connectivity index (χ4n) is 6.29.